The molecule has 0 saturated carbocycles. The fourth-order valence-electron chi connectivity index (χ4n) is 2.94. The van der Waals surface area contributed by atoms with Gasteiger partial charge in [0.05, 0.1) is 7.11 Å². The summed E-state index contributed by atoms with van der Waals surface area (Å²) >= 11 is 0. The molecule has 130 valence electrons. The zero-order valence-electron chi connectivity index (χ0n) is 14.6. The summed E-state index contributed by atoms with van der Waals surface area (Å²) < 4.78 is 10.5. The lowest BCUT2D eigenvalue weighted by Crippen LogP contribution is -2.18. The Morgan fingerprint density at radius 3 is 2.52 bits per heavy atom. The first kappa shape index (κ1) is 17.0. The summed E-state index contributed by atoms with van der Waals surface area (Å²) in [6.45, 7) is 3.08. The van der Waals surface area contributed by atoms with E-state index < -0.39 is 5.63 Å². The van der Waals surface area contributed by atoms with Gasteiger partial charge in [-0.3, -0.25) is 4.90 Å². The highest BCUT2D eigenvalue weighted by atomic mass is 16.5. The number of phenolic OH excluding ortho intramolecular Hbond substituents is 1. The summed E-state index contributed by atoms with van der Waals surface area (Å²) in [6, 6.07) is 12.8. The van der Waals surface area contributed by atoms with Crippen LogP contribution in [-0.4, -0.2) is 24.2 Å². The van der Waals surface area contributed by atoms with Crippen LogP contribution in [0, 0.1) is 6.92 Å². The standard InChI is InChI=1S/C20H21NO4/c1-13-18(22)9-8-17-15(10-19(23)25-20(13)17)12-21(2)11-14-4-6-16(24-3)7-5-14/h4-10,22H,11-12H2,1-3H3. The molecular formula is C20H21NO4. The lowest BCUT2D eigenvalue weighted by molar-refractivity contribution is 0.319. The van der Waals surface area contributed by atoms with E-state index in [1.807, 2.05) is 31.3 Å². The van der Waals surface area contributed by atoms with Crippen LogP contribution in [0.1, 0.15) is 16.7 Å². The first-order valence-corrected chi connectivity index (χ1v) is 8.04. The molecular weight excluding hydrogens is 318 g/mol. The number of nitrogens with zero attached hydrogens (tertiary/aromatic N) is 1. The number of hydrogen-bond donors (Lipinski definition) is 1. The molecule has 0 spiro atoms. The molecule has 25 heavy (non-hydrogen) atoms. The van der Waals surface area contributed by atoms with Crippen molar-refractivity contribution in [2.24, 2.45) is 0 Å². The smallest absolute Gasteiger partial charge is 0.336 e. The van der Waals surface area contributed by atoms with Crippen LogP contribution in [0.4, 0.5) is 0 Å². The van der Waals surface area contributed by atoms with Crippen molar-refractivity contribution in [3.8, 4) is 11.5 Å². The van der Waals surface area contributed by atoms with Crippen LogP contribution in [0.5, 0.6) is 11.5 Å². The van der Waals surface area contributed by atoms with Crippen LogP contribution in [0.15, 0.2) is 51.7 Å². The number of phenols is 1. The fourth-order valence-corrected chi connectivity index (χ4v) is 2.94. The molecule has 1 N–H and O–H groups in total. The monoisotopic (exact) mass is 339 g/mol. The Bertz CT molecular complexity index is 944. The highest BCUT2D eigenvalue weighted by Gasteiger charge is 2.12. The van der Waals surface area contributed by atoms with E-state index in [0.717, 1.165) is 28.8 Å². The number of hydrogen-bond acceptors (Lipinski definition) is 5. The van der Waals surface area contributed by atoms with Crippen molar-refractivity contribution in [3.63, 3.8) is 0 Å². The number of benzene rings is 2. The van der Waals surface area contributed by atoms with Crippen LogP contribution >= 0.6 is 0 Å². The SMILES string of the molecule is COc1ccc(CN(C)Cc2cc(=O)oc3c(C)c(O)ccc23)cc1. The van der Waals surface area contributed by atoms with Crippen molar-refractivity contribution >= 4 is 11.0 Å². The minimum atomic E-state index is -0.408. The Labute approximate surface area is 146 Å². The van der Waals surface area contributed by atoms with E-state index in [9.17, 15) is 9.90 Å². The molecule has 0 atom stereocenters. The number of rotatable bonds is 5. The normalized spacial score (nSPS) is 11.2. The Hall–Kier alpha value is -2.79. The summed E-state index contributed by atoms with van der Waals surface area (Å²) in [5.41, 5.74) is 2.65. The molecule has 1 heterocycles. The van der Waals surface area contributed by atoms with Crippen LogP contribution in [-0.2, 0) is 13.1 Å². The van der Waals surface area contributed by atoms with Crippen LogP contribution in [0.3, 0.4) is 0 Å². The molecule has 3 rings (SSSR count). The maximum Gasteiger partial charge on any atom is 0.336 e. The maximum absolute atomic E-state index is 11.9. The first-order valence-electron chi connectivity index (χ1n) is 8.04. The largest absolute Gasteiger partial charge is 0.508 e. The maximum atomic E-state index is 11.9. The Balaban J connectivity index is 1.86. The third-order valence-corrected chi connectivity index (χ3v) is 4.27. The van der Waals surface area contributed by atoms with Crippen molar-refractivity contribution in [2.75, 3.05) is 14.2 Å². The lowest BCUT2D eigenvalue weighted by atomic mass is 10.1. The summed E-state index contributed by atoms with van der Waals surface area (Å²) in [7, 11) is 3.64. The van der Waals surface area contributed by atoms with Gasteiger partial charge in [0, 0.05) is 30.1 Å². The average molecular weight is 339 g/mol. The van der Waals surface area contributed by atoms with Gasteiger partial charge in [-0.2, -0.15) is 0 Å². The van der Waals surface area contributed by atoms with E-state index >= 15 is 0 Å². The van der Waals surface area contributed by atoms with E-state index in [1.54, 1.807) is 26.2 Å². The van der Waals surface area contributed by atoms with Gasteiger partial charge in [-0.1, -0.05) is 12.1 Å². The van der Waals surface area contributed by atoms with Gasteiger partial charge >= 0.3 is 5.63 Å². The molecule has 0 aliphatic heterocycles. The van der Waals surface area contributed by atoms with E-state index in [2.05, 4.69) is 4.90 Å². The van der Waals surface area contributed by atoms with Crippen molar-refractivity contribution in [3.05, 3.63) is 69.6 Å². The van der Waals surface area contributed by atoms with Gasteiger partial charge in [-0.25, -0.2) is 4.79 Å². The second-order valence-corrected chi connectivity index (χ2v) is 6.20. The first-order chi connectivity index (χ1) is 12.0. The van der Waals surface area contributed by atoms with E-state index in [4.69, 9.17) is 9.15 Å². The highest BCUT2D eigenvalue weighted by molar-refractivity contribution is 5.84. The predicted octanol–water partition coefficient (Wildman–Crippen LogP) is 3.45. The third kappa shape index (κ3) is 3.67. The van der Waals surface area contributed by atoms with Gasteiger partial charge in [-0.15, -0.1) is 0 Å². The summed E-state index contributed by atoms with van der Waals surface area (Å²) in [6.07, 6.45) is 0. The number of fused-ring (bicyclic) bond motifs is 1. The Kier molecular flexibility index (Phi) is 4.76. The molecule has 0 radical (unpaired) electrons. The van der Waals surface area contributed by atoms with Gasteiger partial charge < -0.3 is 14.3 Å². The van der Waals surface area contributed by atoms with Gasteiger partial charge in [0.2, 0.25) is 0 Å². The second kappa shape index (κ2) is 6.99. The van der Waals surface area contributed by atoms with Gasteiger partial charge in [-0.05, 0) is 49.4 Å². The summed E-state index contributed by atoms with van der Waals surface area (Å²) in [4.78, 5) is 14.0. The molecule has 0 aliphatic carbocycles. The topological polar surface area (TPSA) is 62.9 Å². The molecule has 1 aromatic heterocycles. The van der Waals surface area contributed by atoms with Gasteiger partial charge in [0.1, 0.15) is 17.1 Å². The van der Waals surface area contributed by atoms with Crippen LogP contribution < -0.4 is 10.4 Å². The Morgan fingerprint density at radius 2 is 1.84 bits per heavy atom. The van der Waals surface area contributed by atoms with Crippen molar-refractivity contribution < 1.29 is 14.3 Å². The second-order valence-electron chi connectivity index (χ2n) is 6.20. The molecule has 0 bridgehead atoms. The minimum Gasteiger partial charge on any atom is -0.508 e. The number of aromatic hydroxyl groups is 1. The predicted molar refractivity (Wildman–Crippen MR) is 97.1 cm³/mol. The zero-order valence-corrected chi connectivity index (χ0v) is 14.6. The van der Waals surface area contributed by atoms with Crippen LogP contribution in [0.2, 0.25) is 0 Å². The minimum absolute atomic E-state index is 0.124. The lowest BCUT2D eigenvalue weighted by Gasteiger charge is -2.18. The third-order valence-electron chi connectivity index (χ3n) is 4.27. The fraction of sp³-hybridized carbons (Fsp3) is 0.250. The molecule has 0 saturated heterocycles. The molecule has 0 fully saturated rings. The van der Waals surface area contributed by atoms with Gasteiger partial charge in [0.15, 0.2) is 0 Å². The molecule has 5 nitrogen and oxygen atoms in total. The number of aryl methyl sites for hydroxylation is 1. The number of methoxy groups -OCH3 is 1. The van der Waals surface area contributed by atoms with Crippen molar-refractivity contribution in [2.45, 2.75) is 20.0 Å². The zero-order chi connectivity index (χ0) is 18.0. The molecule has 2 aromatic carbocycles. The number of ether oxygens (including phenoxy) is 1. The summed E-state index contributed by atoms with van der Waals surface area (Å²) in [5, 5.41) is 10.7. The van der Waals surface area contributed by atoms with E-state index in [-0.39, 0.29) is 5.75 Å². The van der Waals surface area contributed by atoms with Crippen LogP contribution in [0.25, 0.3) is 11.0 Å². The van der Waals surface area contributed by atoms with Crippen molar-refractivity contribution in [1.82, 2.24) is 4.90 Å². The van der Waals surface area contributed by atoms with E-state index in [0.29, 0.717) is 17.7 Å². The molecule has 3 aromatic rings. The summed E-state index contributed by atoms with van der Waals surface area (Å²) in [5.74, 6) is 0.952. The van der Waals surface area contributed by atoms with Crippen molar-refractivity contribution in [1.29, 1.82) is 0 Å². The highest BCUT2D eigenvalue weighted by Crippen LogP contribution is 2.28. The molecule has 0 unspecified atom stereocenters. The quantitative estimate of drug-likeness (QED) is 0.722. The average Bonchev–Trinajstić information content (AvgIpc) is 2.59. The molecule has 0 amide bonds. The Morgan fingerprint density at radius 1 is 1.12 bits per heavy atom. The van der Waals surface area contributed by atoms with Gasteiger partial charge in [0.25, 0.3) is 0 Å². The molecule has 0 aliphatic rings. The molecule has 5 heteroatoms. The van der Waals surface area contributed by atoms with E-state index in [1.165, 1.54) is 6.07 Å².